The molecule has 30 heavy (non-hydrogen) atoms. The van der Waals surface area contributed by atoms with Crippen molar-refractivity contribution in [1.82, 2.24) is 14.2 Å². The molecule has 0 saturated heterocycles. The van der Waals surface area contributed by atoms with Crippen LogP contribution in [-0.4, -0.2) is 14.2 Å². The predicted molar refractivity (Wildman–Crippen MR) is 113 cm³/mol. The lowest BCUT2D eigenvalue weighted by Crippen LogP contribution is -2.20. The van der Waals surface area contributed by atoms with E-state index in [4.69, 9.17) is 23.2 Å². The minimum atomic E-state index is -0.665. The Morgan fingerprint density at radius 3 is 2.47 bits per heavy atom. The number of para-hydroxylation sites is 1. The summed E-state index contributed by atoms with van der Waals surface area (Å²) in [7, 11) is 0. The van der Waals surface area contributed by atoms with Crippen LogP contribution in [0, 0.1) is 11.6 Å². The minimum absolute atomic E-state index is 0.116. The molecule has 2 heterocycles. The minimum Gasteiger partial charge on any atom is -0.267 e. The summed E-state index contributed by atoms with van der Waals surface area (Å²) in [6, 6.07) is 10.1. The van der Waals surface area contributed by atoms with Crippen LogP contribution in [0.2, 0.25) is 10.0 Å². The Labute approximate surface area is 184 Å². The van der Waals surface area contributed by atoms with Gasteiger partial charge < -0.3 is 0 Å². The maximum atomic E-state index is 14.1. The zero-order valence-corrected chi connectivity index (χ0v) is 17.6. The van der Waals surface area contributed by atoms with Gasteiger partial charge in [-0.25, -0.2) is 23.0 Å². The van der Waals surface area contributed by atoms with Gasteiger partial charge in [0.15, 0.2) is 5.65 Å². The van der Waals surface area contributed by atoms with Crippen molar-refractivity contribution in [2.45, 2.75) is 28.7 Å². The van der Waals surface area contributed by atoms with Gasteiger partial charge in [0.1, 0.15) is 22.3 Å². The molecule has 0 bridgehead atoms. The summed E-state index contributed by atoms with van der Waals surface area (Å²) in [6.45, 7) is 0. The van der Waals surface area contributed by atoms with Crippen LogP contribution in [0.15, 0.2) is 63.4 Å². The number of hydrogen-bond donors (Lipinski definition) is 0. The smallest absolute Gasteiger partial charge is 0.267 e. The zero-order valence-electron chi connectivity index (χ0n) is 15.3. The van der Waals surface area contributed by atoms with Crippen molar-refractivity contribution in [3.05, 3.63) is 86.3 Å². The predicted octanol–water partition coefficient (Wildman–Crippen LogP) is 6.10. The van der Waals surface area contributed by atoms with Crippen LogP contribution >= 0.6 is 35.0 Å². The Morgan fingerprint density at radius 2 is 1.80 bits per heavy atom. The summed E-state index contributed by atoms with van der Waals surface area (Å²) in [5.74, 6) is -1.19. The van der Waals surface area contributed by atoms with Gasteiger partial charge >= 0.3 is 0 Å². The van der Waals surface area contributed by atoms with E-state index in [1.54, 1.807) is 35.0 Å². The molecule has 5 rings (SSSR count). The van der Waals surface area contributed by atoms with Crippen molar-refractivity contribution >= 4 is 40.6 Å². The molecule has 2 aromatic carbocycles. The summed E-state index contributed by atoms with van der Waals surface area (Å²) >= 11 is 13.8. The molecule has 0 aliphatic heterocycles. The Kier molecular flexibility index (Phi) is 4.84. The van der Waals surface area contributed by atoms with Gasteiger partial charge in [0.25, 0.3) is 5.56 Å². The molecular formula is C21H13Cl2F2N3OS. The number of hydrogen-bond acceptors (Lipinski definition) is 3. The van der Waals surface area contributed by atoms with Crippen molar-refractivity contribution < 1.29 is 8.78 Å². The maximum absolute atomic E-state index is 14.1. The molecule has 0 atom stereocenters. The van der Waals surface area contributed by atoms with E-state index < -0.39 is 11.6 Å². The van der Waals surface area contributed by atoms with Crippen LogP contribution < -0.4 is 5.56 Å². The number of nitrogens with zero attached hydrogens (tertiary/aromatic N) is 3. The van der Waals surface area contributed by atoms with Gasteiger partial charge in [-0.05, 0) is 49.1 Å². The van der Waals surface area contributed by atoms with Crippen molar-refractivity contribution in [2.75, 3.05) is 0 Å². The zero-order chi connectivity index (χ0) is 21.0. The third kappa shape index (κ3) is 3.31. The molecule has 2 aromatic heterocycles. The van der Waals surface area contributed by atoms with Crippen LogP contribution in [-0.2, 0) is 0 Å². The van der Waals surface area contributed by atoms with Crippen molar-refractivity contribution in [1.29, 1.82) is 0 Å². The second-order valence-electron chi connectivity index (χ2n) is 6.99. The van der Waals surface area contributed by atoms with Crippen LogP contribution in [0.5, 0.6) is 0 Å². The van der Waals surface area contributed by atoms with Gasteiger partial charge in [0.05, 0.1) is 15.6 Å². The van der Waals surface area contributed by atoms with E-state index in [9.17, 15) is 13.6 Å². The molecule has 0 N–H and O–H groups in total. The lowest BCUT2D eigenvalue weighted by atomic mass is 10.2. The molecule has 0 radical (unpaired) electrons. The standard InChI is InChI=1S/C21H13Cl2F2N3OS/c22-13-2-1-3-14(23)19(13)28-21(29)18(11-4-5-11)20-26-17(8-9-27(20)28)30-16-7-6-12(24)10-15(16)25/h1-3,6-11H,4-5H2. The molecular weight excluding hydrogens is 451 g/mol. The Hall–Kier alpha value is -2.35. The fourth-order valence-corrected chi connectivity index (χ4v) is 4.74. The highest BCUT2D eigenvalue weighted by molar-refractivity contribution is 7.99. The van der Waals surface area contributed by atoms with Crippen LogP contribution in [0.3, 0.4) is 0 Å². The van der Waals surface area contributed by atoms with Gasteiger partial charge in [-0.1, -0.05) is 41.0 Å². The lowest BCUT2D eigenvalue weighted by molar-refractivity contribution is 0.565. The molecule has 1 aliphatic rings. The molecule has 1 aliphatic carbocycles. The van der Waals surface area contributed by atoms with Crippen molar-refractivity contribution in [3.8, 4) is 5.69 Å². The number of fused-ring (bicyclic) bond motifs is 1. The first-order valence-corrected chi connectivity index (χ1v) is 10.7. The summed E-state index contributed by atoms with van der Waals surface area (Å²) < 4.78 is 30.3. The molecule has 1 fully saturated rings. The van der Waals surface area contributed by atoms with E-state index in [2.05, 4.69) is 4.98 Å². The lowest BCUT2D eigenvalue weighted by Gasteiger charge is -2.10. The molecule has 4 nitrogen and oxygen atoms in total. The van der Waals surface area contributed by atoms with Gasteiger partial charge in [0, 0.05) is 17.2 Å². The van der Waals surface area contributed by atoms with Gasteiger partial charge in [-0.15, -0.1) is 0 Å². The normalized spacial score (nSPS) is 13.9. The van der Waals surface area contributed by atoms with Gasteiger partial charge in [-0.3, -0.25) is 4.79 Å². The summed E-state index contributed by atoms with van der Waals surface area (Å²) in [4.78, 5) is 18.2. The van der Waals surface area contributed by atoms with Gasteiger partial charge in [0.2, 0.25) is 0 Å². The Morgan fingerprint density at radius 1 is 1.07 bits per heavy atom. The number of halogens is 4. The average molecular weight is 464 g/mol. The van der Waals surface area contributed by atoms with E-state index in [0.29, 0.717) is 32.0 Å². The Bertz CT molecular complexity index is 1340. The fourth-order valence-electron chi connectivity index (χ4n) is 3.41. The first-order chi connectivity index (χ1) is 14.4. The number of benzene rings is 2. The highest BCUT2D eigenvalue weighted by Crippen LogP contribution is 2.41. The molecule has 4 aromatic rings. The quantitative estimate of drug-likeness (QED) is 0.343. The first-order valence-electron chi connectivity index (χ1n) is 9.15. The van der Waals surface area contributed by atoms with Gasteiger partial charge in [-0.2, -0.15) is 0 Å². The molecule has 152 valence electrons. The van der Waals surface area contributed by atoms with Crippen LogP contribution in [0.1, 0.15) is 24.3 Å². The number of aromatic nitrogens is 3. The van der Waals surface area contributed by atoms with E-state index in [1.807, 2.05) is 0 Å². The van der Waals surface area contributed by atoms with Crippen molar-refractivity contribution in [3.63, 3.8) is 0 Å². The number of rotatable bonds is 4. The third-order valence-electron chi connectivity index (χ3n) is 4.91. The summed E-state index contributed by atoms with van der Waals surface area (Å²) in [5.41, 5.74) is 1.23. The highest BCUT2D eigenvalue weighted by atomic mass is 35.5. The van der Waals surface area contributed by atoms with E-state index >= 15 is 0 Å². The van der Waals surface area contributed by atoms with Crippen LogP contribution in [0.25, 0.3) is 11.3 Å². The molecule has 9 heteroatoms. The van der Waals surface area contributed by atoms with Crippen molar-refractivity contribution in [2.24, 2.45) is 0 Å². The molecule has 0 spiro atoms. The molecule has 0 unspecified atom stereocenters. The van der Waals surface area contributed by atoms with E-state index in [-0.39, 0.29) is 16.4 Å². The van der Waals surface area contributed by atoms with E-state index in [0.717, 1.165) is 30.7 Å². The second kappa shape index (κ2) is 7.41. The van der Waals surface area contributed by atoms with Crippen LogP contribution in [0.4, 0.5) is 8.78 Å². The largest absolute Gasteiger partial charge is 0.277 e. The third-order valence-corrected chi connectivity index (χ3v) is 6.51. The monoisotopic (exact) mass is 463 g/mol. The molecule has 1 saturated carbocycles. The topological polar surface area (TPSA) is 39.3 Å². The summed E-state index contributed by atoms with van der Waals surface area (Å²) in [6.07, 6.45) is 3.48. The second-order valence-corrected chi connectivity index (χ2v) is 8.86. The molecule has 0 amide bonds. The highest BCUT2D eigenvalue weighted by Gasteiger charge is 2.33. The average Bonchev–Trinajstić information content (AvgIpc) is 3.49. The Balaban J connectivity index is 1.69. The summed E-state index contributed by atoms with van der Waals surface area (Å²) in [5, 5.41) is 1.18. The van der Waals surface area contributed by atoms with E-state index in [1.165, 1.54) is 16.8 Å². The first kappa shape index (κ1) is 19.6. The maximum Gasteiger partial charge on any atom is 0.277 e. The SMILES string of the molecule is O=c1c(C2CC2)c2nc(Sc3ccc(F)cc3F)ccn2n1-c1c(Cl)cccc1Cl. The fraction of sp³-hybridized carbons (Fsp3) is 0.143.